The molecule has 2 heteroatoms. The molecule has 0 heterocycles. The van der Waals surface area contributed by atoms with Gasteiger partial charge >= 0.3 is 0 Å². The number of hydrogen-bond acceptors (Lipinski definition) is 2. The fraction of sp³-hybridized carbons (Fsp3) is 0.538. The Kier molecular flexibility index (Phi) is 3.27. The van der Waals surface area contributed by atoms with Crippen LogP contribution >= 0.6 is 0 Å². The number of hydrogen-bond donors (Lipinski definition) is 1. The Labute approximate surface area is 91.6 Å². The van der Waals surface area contributed by atoms with Crippen LogP contribution in [0.1, 0.15) is 25.3 Å². The topological polar surface area (TPSA) is 21.3 Å². The minimum Gasteiger partial charge on any atom is -0.497 e. The van der Waals surface area contributed by atoms with E-state index in [1.165, 1.54) is 18.4 Å². The fourth-order valence-corrected chi connectivity index (χ4v) is 1.82. The van der Waals surface area contributed by atoms with Crippen LogP contribution in [0.5, 0.6) is 5.75 Å². The highest BCUT2D eigenvalue weighted by Gasteiger charge is 2.27. The van der Waals surface area contributed by atoms with Crippen molar-refractivity contribution >= 4 is 0 Å². The third-order valence-electron chi connectivity index (χ3n) is 3.09. The molecule has 1 aliphatic rings. The Morgan fingerprint density at radius 1 is 1.47 bits per heavy atom. The Bertz CT molecular complexity index is 320. The van der Waals surface area contributed by atoms with Gasteiger partial charge in [0.2, 0.25) is 0 Å². The maximum Gasteiger partial charge on any atom is 0.119 e. The van der Waals surface area contributed by atoms with E-state index in [0.29, 0.717) is 6.04 Å². The van der Waals surface area contributed by atoms with E-state index in [2.05, 4.69) is 24.4 Å². The fourth-order valence-electron chi connectivity index (χ4n) is 1.82. The first-order valence-corrected chi connectivity index (χ1v) is 5.66. The zero-order chi connectivity index (χ0) is 10.7. The van der Waals surface area contributed by atoms with E-state index in [1.54, 1.807) is 7.11 Å². The van der Waals surface area contributed by atoms with Gasteiger partial charge in [0.05, 0.1) is 7.11 Å². The lowest BCUT2D eigenvalue weighted by molar-refractivity contribution is 0.413. The second-order valence-electron chi connectivity index (χ2n) is 4.36. The lowest BCUT2D eigenvalue weighted by Crippen LogP contribution is -2.27. The van der Waals surface area contributed by atoms with E-state index < -0.39 is 0 Å². The first-order chi connectivity index (χ1) is 7.29. The molecule has 0 amide bonds. The van der Waals surface area contributed by atoms with Crippen LogP contribution < -0.4 is 10.1 Å². The van der Waals surface area contributed by atoms with Crippen molar-refractivity contribution in [2.75, 3.05) is 7.11 Å². The van der Waals surface area contributed by atoms with E-state index in [0.717, 1.165) is 18.2 Å². The molecule has 0 bridgehead atoms. The maximum absolute atomic E-state index is 5.19. The van der Waals surface area contributed by atoms with E-state index in [4.69, 9.17) is 4.74 Å². The maximum atomic E-state index is 5.19. The average molecular weight is 205 g/mol. The van der Waals surface area contributed by atoms with Crippen LogP contribution in [0.25, 0.3) is 0 Å². The smallest absolute Gasteiger partial charge is 0.119 e. The van der Waals surface area contributed by atoms with E-state index in [1.807, 2.05) is 12.1 Å². The second-order valence-corrected chi connectivity index (χ2v) is 4.36. The van der Waals surface area contributed by atoms with E-state index in [-0.39, 0.29) is 0 Å². The van der Waals surface area contributed by atoms with Crippen LogP contribution in [0.15, 0.2) is 24.3 Å². The minimum absolute atomic E-state index is 0.649. The van der Waals surface area contributed by atoms with Gasteiger partial charge in [-0.2, -0.15) is 0 Å². The Hall–Kier alpha value is -1.02. The quantitative estimate of drug-likeness (QED) is 0.797. The number of ether oxygens (including phenoxy) is 1. The standard InChI is InChI=1S/C13H19NO/c1-10(12-6-7-12)14-9-11-4-3-5-13(8-11)15-2/h3-5,8,10,12,14H,6-7,9H2,1-2H3. The van der Waals surface area contributed by atoms with E-state index in [9.17, 15) is 0 Å². The molecule has 1 atom stereocenters. The van der Waals surface area contributed by atoms with Crippen LogP contribution in [0.4, 0.5) is 0 Å². The highest BCUT2D eigenvalue weighted by Crippen LogP contribution is 2.32. The third kappa shape index (κ3) is 2.96. The highest BCUT2D eigenvalue weighted by molar-refractivity contribution is 5.28. The summed E-state index contributed by atoms with van der Waals surface area (Å²) in [6.45, 7) is 3.21. The van der Waals surface area contributed by atoms with Crippen molar-refractivity contribution in [3.8, 4) is 5.75 Å². The molecule has 2 nitrogen and oxygen atoms in total. The molecule has 1 N–H and O–H groups in total. The molecule has 1 aromatic rings. The van der Waals surface area contributed by atoms with Crippen molar-refractivity contribution in [2.24, 2.45) is 5.92 Å². The predicted octanol–water partition coefficient (Wildman–Crippen LogP) is 2.58. The van der Waals surface area contributed by atoms with Crippen LogP contribution in [0, 0.1) is 5.92 Å². The van der Waals surface area contributed by atoms with Crippen molar-refractivity contribution in [3.63, 3.8) is 0 Å². The van der Waals surface area contributed by atoms with Gasteiger partial charge in [0.15, 0.2) is 0 Å². The molecule has 1 unspecified atom stereocenters. The summed E-state index contributed by atoms with van der Waals surface area (Å²) in [6, 6.07) is 8.89. The van der Waals surface area contributed by atoms with E-state index >= 15 is 0 Å². The normalized spacial score (nSPS) is 17.5. The molecule has 1 aliphatic carbocycles. The molecular weight excluding hydrogens is 186 g/mol. The van der Waals surface area contributed by atoms with Crippen LogP contribution in [-0.2, 0) is 6.54 Å². The molecule has 0 spiro atoms. The van der Waals surface area contributed by atoms with Gasteiger partial charge in [-0.25, -0.2) is 0 Å². The third-order valence-corrected chi connectivity index (χ3v) is 3.09. The van der Waals surface area contributed by atoms with Crippen LogP contribution in [0.3, 0.4) is 0 Å². The van der Waals surface area contributed by atoms with Gasteiger partial charge in [-0.3, -0.25) is 0 Å². The number of methoxy groups -OCH3 is 1. The van der Waals surface area contributed by atoms with Crippen LogP contribution in [0.2, 0.25) is 0 Å². The zero-order valence-electron chi connectivity index (χ0n) is 9.49. The monoisotopic (exact) mass is 205 g/mol. The number of benzene rings is 1. The zero-order valence-corrected chi connectivity index (χ0v) is 9.49. The van der Waals surface area contributed by atoms with Crippen molar-refractivity contribution in [2.45, 2.75) is 32.4 Å². The first-order valence-electron chi connectivity index (χ1n) is 5.66. The van der Waals surface area contributed by atoms with Crippen molar-refractivity contribution in [1.82, 2.24) is 5.32 Å². The largest absolute Gasteiger partial charge is 0.497 e. The van der Waals surface area contributed by atoms with Gasteiger partial charge in [0.25, 0.3) is 0 Å². The van der Waals surface area contributed by atoms with Crippen molar-refractivity contribution in [3.05, 3.63) is 29.8 Å². The minimum atomic E-state index is 0.649. The van der Waals surface area contributed by atoms with Gasteiger partial charge in [0.1, 0.15) is 5.75 Å². The molecule has 0 aliphatic heterocycles. The molecule has 1 aromatic carbocycles. The van der Waals surface area contributed by atoms with Gasteiger partial charge in [0, 0.05) is 12.6 Å². The molecular formula is C13H19NO. The summed E-state index contributed by atoms with van der Waals surface area (Å²) in [6.07, 6.45) is 2.79. The molecule has 2 rings (SSSR count). The summed E-state index contributed by atoms with van der Waals surface area (Å²) >= 11 is 0. The summed E-state index contributed by atoms with van der Waals surface area (Å²) in [7, 11) is 1.71. The summed E-state index contributed by atoms with van der Waals surface area (Å²) in [4.78, 5) is 0. The highest BCUT2D eigenvalue weighted by atomic mass is 16.5. The first kappa shape index (κ1) is 10.5. The van der Waals surface area contributed by atoms with Gasteiger partial charge in [-0.15, -0.1) is 0 Å². The van der Waals surface area contributed by atoms with Gasteiger partial charge in [-0.1, -0.05) is 12.1 Å². The Morgan fingerprint density at radius 2 is 2.27 bits per heavy atom. The molecule has 1 saturated carbocycles. The molecule has 0 aromatic heterocycles. The SMILES string of the molecule is COc1cccc(CNC(C)C2CC2)c1. The Morgan fingerprint density at radius 3 is 2.93 bits per heavy atom. The van der Waals surface area contributed by atoms with Gasteiger partial charge < -0.3 is 10.1 Å². The van der Waals surface area contributed by atoms with Crippen LogP contribution in [-0.4, -0.2) is 13.2 Å². The summed E-state index contributed by atoms with van der Waals surface area (Å²) in [5.41, 5.74) is 1.29. The summed E-state index contributed by atoms with van der Waals surface area (Å²) in [5, 5.41) is 3.56. The lowest BCUT2D eigenvalue weighted by atomic mass is 10.1. The molecule has 15 heavy (non-hydrogen) atoms. The predicted molar refractivity (Wildman–Crippen MR) is 62.0 cm³/mol. The molecule has 0 radical (unpaired) electrons. The van der Waals surface area contributed by atoms with Crippen molar-refractivity contribution in [1.29, 1.82) is 0 Å². The van der Waals surface area contributed by atoms with Crippen molar-refractivity contribution < 1.29 is 4.74 Å². The number of nitrogens with one attached hydrogen (secondary N) is 1. The number of rotatable bonds is 5. The Balaban J connectivity index is 1.86. The summed E-state index contributed by atoms with van der Waals surface area (Å²) < 4.78 is 5.19. The average Bonchev–Trinajstić information content (AvgIpc) is 3.10. The summed E-state index contributed by atoms with van der Waals surface area (Å²) in [5.74, 6) is 1.85. The van der Waals surface area contributed by atoms with Gasteiger partial charge in [-0.05, 0) is 43.4 Å². The molecule has 1 fully saturated rings. The lowest BCUT2D eigenvalue weighted by Gasteiger charge is -2.12. The second kappa shape index (κ2) is 4.67. The molecule has 0 saturated heterocycles. The molecule has 82 valence electrons.